The molecule has 0 radical (unpaired) electrons. The number of carbonyl (C=O) groups is 1. The van der Waals surface area contributed by atoms with Crippen molar-refractivity contribution in [2.75, 3.05) is 19.0 Å². The van der Waals surface area contributed by atoms with Crippen molar-refractivity contribution in [1.82, 2.24) is 4.72 Å². The third kappa shape index (κ3) is 6.23. The highest BCUT2D eigenvalue weighted by Crippen LogP contribution is 2.43. The molecule has 1 aromatic heterocycles. The van der Waals surface area contributed by atoms with E-state index in [9.17, 15) is 8.42 Å². The minimum atomic E-state index is -3.53. The molecule has 170 valence electrons. The summed E-state index contributed by atoms with van der Waals surface area (Å²) < 4.78 is 28.8. The lowest BCUT2D eigenvalue weighted by Gasteiger charge is -2.13. The van der Waals surface area contributed by atoms with Gasteiger partial charge in [0.15, 0.2) is 0 Å². The van der Waals surface area contributed by atoms with Crippen LogP contribution in [0.3, 0.4) is 0 Å². The maximum Gasteiger partial charge on any atom is 0.503 e. The SMILES string of the molecule is CN(C)c1cccc([C@H]2C[C@@H]2NS(=O)(=O)c2ccc(-c3ccc(Cl)cc3)s2)c1.O=C(O)O. The molecule has 0 bridgehead atoms. The van der Waals surface area contributed by atoms with Crippen LogP contribution in [-0.2, 0) is 10.0 Å². The third-order valence-electron chi connectivity index (χ3n) is 4.89. The van der Waals surface area contributed by atoms with E-state index in [1.807, 2.05) is 38.4 Å². The van der Waals surface area contributed by atoms with Crippen LogP contribution in [0.2, 0.25) is 5.02 Å². The quantitative estimate of drug-likeness (QED) is 0.435. The van der Waals surface area contributed by atoms with E-state index >= 15 is 0 Å². The van der Waals surface area contributed by atoms with Crippen molar-refractivity contribution in [3.05, 3.63) is 71.2 Å². The fourth-order valence-corrected chi connectivity index (χ4v) is 5.96. The van der Waals surface area contributed by atoms with Crippen molar-refractivity contribution in [3.8, 4) is 10.4 Å². The van der Waals surface area contributed by atoms with E-state index in [2.05, 4.69) is 27.8 Å². The second-order valence-corrected chi connectivity index (χ2v) is 10.9. The summed E-state index contributed by atoms with van der Waals surface area (Å²) >= 11 is 7.20. The van der Waals surface area contributed by atoms with E-state index < -0.39 is 16.2 Å². The van der Waals surface area contributed by atoms with E-state index in [0.717, 1.165) is 22.5 Å². The summed E-state index contributed by atoms with van der Waals surface area (Å²) in [5, 5.41) is 14.6. The highest BCUT2D eigenvalue weighted by molar-refractivity contribution is 7.91. The zero-order valence-corrected chi connectivity index (χ0v) is 19.8. The minimum absolute atomic E-state index is 0.0523. The molecule has 3 aromatic rings. The van der Waals surface area contributed by atoms with Crippen molar-refractivity contribution in [1.29, 1.82) is 0 Å². The Bertz CT molecular complexity index is 1190. The van der Waals surface area contributed by atoms with Gasteiger partial charge in [-0.2, -0.15) is 0 Å². The fourth-order valence-electron chi connectivity index (χ4n) is 3.22. The molecule has 4 rings (SSSR count). The Morgan fingerprint density at radius 2 is 1.75 bits per heavy atom. The monoisotopic (exact) mass is 494 g/mol. The first-order valence-corrected chi connectivity index (χ1v) is 12.3. The van der Waals surface area contributed by atoms with E-state index in [-0.39, 0.29) is 12.0 Å². The maximum absolute atomic E-state index is 12.8. The van der Waals surface area contributed by atoms with Crippen LogP contribution in [0.1, 0.15) is 17.9 Å². The molecule has 1 fully saturated rings. The normalized spacial score (nSPS) is 17.2. The molecule has 1 saturated carbocycles. The van der Waals surface area contributed by atoms with E-state index in [0.29, 0.717) is 9.23 Å². The maximum atomic E-state index is 12.8. The molecule has 1 heterocycles. The molecule has 32 heavy (non-hydrogen) atoms. The summed E-state index contributed by atoms with van der Waals surface area (Å²) in [5.74, 6) is 0.227. The Balaban J connectivity index is 0.000000668. The van der Waals surface area contributed by atoms with Crippen molar-refractivity contribution < 1.29 is 23.4 Å². The van der Waals surface area contributed by atoms with Crippen molar-refractivity contribution in [2.45, 2.75) is 22.6 Å². The highest BCUT2D eigenvalue weighted by Gasteiger charge is 2.41. The molecule has 1 aliphatic rings. The van der Waals surface area contributed by atoms with Crippen LogP contribution in [0, 0.1) is 0 Å². The lowest BCUT2D eigenvalue weighted by Crippen LogP contribution is -2.26. The molecular formula is C22H23ClN2O5S2. The number of hydrogen-bond acceptors (Lipinski definition) is 5. The van der Waals surface area contributed by atoms with Crippen LogP contribution in [0.25, 0.3) is 10.4 Å². The zero-order chi connectivity index (χ0) is 23.5. The summed E-state index contributed by atoms with van der Waals surface area (Å²) in [6.45, 7) is 0. The average Bonchev–Trinajstić information content (AvgIpc) is 3.28. The topological polar surface area (TPSA) is 107 Å². The molecule has 0 aliphatic heterocycles. The predicted octanol–water partition coefficient (Wildman–Crippen LogP) is 5.19. The molecule has 2 atom stereocenters. The van der Waals surface area contributed by atoms with Gasteiger partial charge in [-0.25, -0.2) is 17.9 Å². The highest BCUT2D eigenvalue weighted by atomic mass is 35.5. The molecule has 0 spiro atoms. The van der Waals surface area contributed by atoms with Gasteiger partial charge in [0.1, 0.15) is 4.21 Å². The number of halogens is 1. The van der Waals surface area contributed by atoms with E-state index in [1.54, 1.807) is 18.2 Å². The Hall–Kier alpha value is -2.59. The van der Waals surface area contributed by atoms with Gasteiger partial charge in [0, 0.05) is 41.6 Å². The summed E-state index contributed by atoms with van der Waals surface area (Å²) in [7, 11) is 0.475. The van der Waals surface area contributed by atoms with Gasteiger partial charge < -0.3 is 15.1 Å². The zero-order valence-electron chi connectivity index (χ0n) is 17.4. The van der Waals surface area contributed by atoms with Crippen molar-refractivity contribution in [2.24, 2.45) is 0 Å². The summed E-state index contributed by atoms with van der Waals surface area (Å²) in [6.07, 6.45) is -1.01. The lowest BCUT2D eigenvalue weighted by atomic mass is 10.1. The van der Waals surface area contributed by atoms with Crippen molar-refractivity contribution >= 4 is 44.8 Å². The van der Waals surface area contributed by atoms with Gasteiger partial charge in [0.2, 0.25) is 10.0 Å². The molecule has 0 unspecified atom stereocenters. The number of nitrogens with one attached hydrogen (secondary N) is 1. The number of carboxylic acid groups (broad SMARTS) is 2. The van der Waals surface area contributed by atoms with Gasteiger partial charge in [-0.05, 0) is 53.9 Å². The first kappa shape index (κ1) is 24.1. The van der Waals surface area contributed by atoms with Crippen molar-refractivity contribution in [3.63, 3.8) is 0 Å². The number of anilines is 1. The standard InChI is InChI=1S/C21H21ClN2O2S2.CH2O3/c1-24(2)17-5-3-4-15(12-17)18-13-19(18)23-28(25,26)21-11-10-20(27-21)14-6-8-16(22)9-7-14;2-1(3)4/h3-12,18-19,23H,13H2,1-2H3;(H2,2,3,4)/t18-,19+;/m1./s1. The largest absolute Gasteiger partial charge is 0.503 e. The smallest absolute Gasteiger partial charge is 0.450 e. The van der Waals surface area contributed by atoms with Crippen LogP contribution in [-0.4, -0.2) is 44.9 Å². The number of thiophene rings is 1. The molecule has 10 heteroatoms. The van der Waals surface area contributed by atoms with Crippen LogP contribution >= 0.6 is 22.9 Å². The second-order valence-electron chi connectivity index (χ2n) is 7.47. The lowest BCUT2D eigenvalue weighted by molar-refractivity contribution is 0.137. The fraction of sp³-hybridized carbons (Fsp3) is 0.227. The molecule has 1 aliphatic carbocycles. The van der Waals surface area contributed by atoms with Gasteiger partial charge in [0.05, 0.1) is 0 Å². The van der Waals surface area contributed by atoms with E-state index in [4.69, 9.17) is 26.6 Å². The Morgan fingerprint density at radius 3 is 2.38 bits per heavy atom. The molecule has 0 saturated heterocycles. The summed E-state index contributed by atoms with van der Waals surface area (Å²) in [5.41, 5.74) is 3.25. The molecule has 0 amide bonds. The Labute approximate surface area is 195 Å². The summed E-state index contributed by atoms with van der Waals surface area (Å²) in [6, 6.07) is 19.1. The second kappa shape index (κ2) is 9.91. The first-order chi connectivity index (χ1) is 15.1. The van der Waals surface area contributed by atoms with Crippen LogP contribution < -0.4 is 9.62 Å². The van der Waals surface area contributed by atoms with Crippen LogP contribution in [0.15, 0.2) is 64.9 Å². The predicted molar refractivity (Wildman–Crippen MR) is 128 cm³/mol. The average molecular weight is 495 g/mol. The van der Waals surface area contributed by atoms with Gasteiger partial charge in [-0.3, -0.25) is 0 Å². The molecule has 2 aromatic carbocycles. The number of benzene rings is 2. The van der Waals surface area contributed by atoms with Gasteiger partial charge in [-0.15, -0.1) is 11.3 Å². The van der Waals surface area contributed by atoms with Crippen LogP contribution in [0.5, 0.6) is 0 Å². The molecule has 3 N–H and O–H groups in total. The summed E-state index contributed by atoms with van der Waals surface area (Å²) in [4.78, 5) is 11.5. The Morgan fingerprint density at radius 1 is 1.09 bits per heavy atom. The van der Waals surface area contributed by atoms with Crippen LogP contribution in [0.4, 0.5) is 10.5 Å². The molecule has 7 nitrogen and oxygen atoms in total. The minimum Gasteiger partial charge on any atom is -0.450 e. The first-order valence-electron chi connectivity index (χ1n) is 9.64. The Kier molecular flexibility index (Phi) is 7.45. The molecular weight excluding hydrogens is 472 g/mol. The number of rotatable bonds is 6. The number of nitrogens with zero attached hydrogens (tertiary/aromatic N) is 1. The third-order valence-corrected chi connectivity index (χ3v) is 8.25. The number of sulfonamides is 1. The van der Waals surface area contributed by atoms with Gasteiger partial charge in [-0.1, -0.05) is 35.9 Å². The number of hydrogen-bond donors (Lipinski definition) is 3. The van der Waals surface area contributed by atoms with Gasteiger partial charge >= 0.3 is 6.16 Å². The van der Waals surface area contributed by atoms with E-state index in [1.165, 1.54) is 16.9 Å². The van der Waals surface area contributed by atoms with Gasteiger partial charge in [0.25, 0.3) is 0 Å².